The lowest BCUT2D eigenvalue weighted by Crippen LogP contribution is -2.34. The number of rotatable bonds is 9. The number of hydrogen-bond acceptors (Lipinski definition) is 7. The van der Waals surface area contributed by atoms with Gasteiger partial charge in [-0.1, -0.05) is 42.0 Å². The molecule has 0 heterocycles. The molecule has 40 heavy (non-hydrogen) atoms. The second-order valence-electron chi connectivity index (χ2n) is 10.1. The van der Waals surface area contributed by atoms with Gasteiger partial charge in [0.05, 0.1) is 16.4 Å². The zero-order valence-corrected chi connectivity index (χ0v) is 23.8. The van der Waals surface area contributed by atoms with E-state index in [1.165, 1.54) is 23.1 Å². The smallest absolute Gasteiger partial charge is 0.414 e. The number of nitrogens with zero attached hydrogens (tertiary/aromatic N) is 2. The summed E-state index contributed by atoms with van der Waals surface area (Å²) in [5, 5.41) is 11.5. The Balaban J connectivity index is 1.74. The fourth-order valence-corrected chi connectivity index (χ4v) is 4.50. The molecule has 0 radical (unpaired) electrons. The number of nitro benzene ring substituents is 1. The molecule has 0 saturated heterocycles. The average molecular weight is 569 g/mol. The van der Waals surface area contributed by atoms with E-state index in [9.17, 15) is 27.9 Å². The maximum absolute atomic E-state index is 12.3. The Kier molecular flexibility index (Phi) is 9.33. The number of anilines is 1. The van der Waals surface area contributed by atoms with Gasteiger partial charge in [0, 0.05) is 25.2 Å². The van der Waals surface area contributed by atoms with Crippen LogP contribution in [0.3, 0.4) is 0 Å². The quantitative estimate of drug-likeness (QED) is 0.137. The molecule has 3 aromatic carbocycles. The topological polar surface area (TPSA) is 136 Å². The predicted octanol–water partition coefficient (Wildman–Crippen LogP) is 6.31. The first kappa shape index (κ1) is 30.3. The standard InChI is InChI=1S/C29H32N2O8S/c1-20-6-15-27(40(35,36)37)23(18-20)16-17-38-26-19-22(11-14-25(26)31(33)34)8-7-21-9-12-24(13-10-21)30(5)28(32)39-29(2,3)4/h6-15,18-19H,16-17H2,1-5H3,(H,35,36,37)/b8-7+. The van der Waals surface area contributed by atoms with Crippen LogP contribution in [0.15, 0.2) is 65.6 Å². The monoisotopic (exact) mass is 568 g/mol. The largest absolute Gasteiger partial charge is 0.486 e. The fraction of sp³-hybridized carbons (Fsp3) is 0.276. The van der Waals surface area contributed by atoms with Gasteiger partial charge in [-0.05, 0) is 74.7 Å². The molecule has 3 rings (SSSR count). The summed E-state index contributed by atoms with van der Waals surface area (Å²) in [6, 6.07) is 16.2. The molecule has 0 unspecified atom stereocenters. The molecule has 11 heteroatoms. The summed E-state index contributed by atoms with van der Waals surface area (Å²) in [6.07, 6.45) is 3.22. The summed E-state index contributed by atoms with van der Waals surface area (Å²) in [4.78, 5) is 24.5. The summed E-state index contributed by atoms with van der Waals surface area (Å²) in [5.74, 6) is 0.0301. The SMILES string of the molecule is Cc1ccc(S(=O)(=O)O)c(CCOc2cc(/C=C/c3ccc(N(C)C(=O)OC(C)(C)C)cc3)ccc2[N+](=O)[O-])c1. The highest BCUT2D eigenvalue weighted by atomic mass is 32.2. The van der Waals surface area contributed by atoms with Crippen molar-refractivity contribution in [3.05, 3.63) is 93.0 Å². The zero-order valence-electron chi connectivity index (χ0n) is 23.0. The lowest BCUT2D eigenvalue weighted by molar-refractivity contribution is -0.385. The maximum Gasteiger partial charge on any atom is 0.414 e. The van der Waals surface area contributed by atoms with Crippen molar-refractivity contribution in [3.63, 3.8) is 0 Å². The number of aryl methyl sites for hydroxylation is 1. The Morgan fingerprint density at radius 3 is 2.25 bits per heavy atom. The van der Waals surface area contributed by atoms with Crippen LogP contribution < -0.4 is 9.64 Å². The van der Waals surface area contributed by atoms with Crippen LogP contribution in [0.5, 0.6) is 5.75 Å². The molecular weight excluding hydrogens is 536 g/mol. The molecule has 0 atom stereocenters. The van der Waals surface area contributed by atoms with Crippen molar-refractivity contribution in [1.82, 2.24) is 0 Å². The summed E-state index contributed by atoms with van der Waals surface area (Å²) < 4.78 is 44.0. The second-order valence-corrected chi connectivity index (χ2v) is 11.5. The third-order valence-corrected chi connectivity index (χ3v) is 6.67. The van der Waals surface area contributed by atoms with Crippen molar-refractivity contribution < 1.29 is 32.2 Å². The minimum Gasteiger partial charge on any atom is -0.486 e. The van der Waals surface area contributed by atoms with E-state index in [0.717, 1.165) is 11.1 Å². The fourth-order valence-electron chi connectivity index (χ4n) is 3.76. The third kappa shape index (κ3) is 8.39. The van der Waals surface area contributed by atoms with Gasteiger partial charge in [-0.15, -0.1) is 0 Å². The Labute approximate surface area is 233 Å². The van der Waals surface area contributed by atoms with Gasteiger partial charge in [-0.2, -0.15) is 8.42 Å². The molecule has 0 aromatic heterocycles. The van der Waals surface area contributed by atoms with Crippen LogP contribution in [0.4, 0.5) is 16.2 Å². The first-order chi connectivity index (χ1) is 18.6. The highest BCUT2D eigenvalue weighted by Gasteiger charge is 2.21. The first-order valence-electron chi connectivity index (χ1n) is 12.4. The molecule has 0 spiro atoms. The lowest BCUT2D eigenvalue weighted by Gasteiger charge is -2.24. The molecule has 0 fully saturated rings. The summed E-state index contributed by atoms with van der Waals surface area (Å²) in [5.41, 5.74) is 2.44. The van der Waals surface area contributed by atoms with Gasteiger partial charge < -0.3 is 9.47 Å². The Hall–Kier alpha value is -4.22. The van der Waals surface area contributed by atoms with Gasteiger partial charge in [-0.25, -0.2) is 4.79 Å². The van der Waals surface area contributed by atoms with Crippen molar-refractivity contribution in [2.75, 3.05) is 18.6 Å². The van der Waals surface area contributed by atoms with E-state index in [1.54, 1.807) is 71.2 Å². The van der Waals surface area contributed by atoms with E-state index < -0.39 is 26.7 Å². The van der Waals surface area contributed by atoms with Crippen molar-refractivity contribution in [2.24, 2.45) is 0 Å². The highest BCUT2D eigenvalue weighted by Crippen LogP contribution is 2.29. The van der Waals surface area contributed by atoms with Crippen LogP contribution in [-0.4, -0.2) is 43.2 Å². The number of amides is 1. The van der Waals surface area contributed by atoms with Gasteiger partial charge in [0.25, 0.3) is 10.1 Å². The molecule has 3 aromatic rings. The molecule has 0 aliphatic carbocycles. The summed E-state index contributed by atoms with van der Waals surface area (Å²) in [7, 11) is -2.80. The Morgan fingerprint density at radius 2 is 1.65 bits per heavy atom. The van der Waals surface area contributed by atoms with E-state index in [1.807, 2.05) is 18.2 Å². The zero-order chi connectivity index (χ0) is 29.7. The van der Waals surface area contributed by atoms with E-state index in [0.29, 0.717) is 16.8 Å². The van der Waals surface area contributed by atoms with Crippen LogP contribution in [0.2, 0.25) is 0 Å². The van der Waals surface area contributed by atoms with Crippen LogP contribution in [0, 0.1) is 17.0 Å². The highest BCUT2D eigenvalue weighted by molar-refractivity contribution is 7.85. The number of hydrogen-bond donors (Lipinski definition) is 1. The van der Waals surface area contributed by atoms with Gasteiger partial charge in [0.1, 0.15) is 5.60 Å². The van der Waals surface area contributed by atoms with Crippen molar-refractivity contribution in [2.45, 2.75) is 44.6 Å². The van der Waals surface area contributed by atoms with E-state index in [-0.39, 0.29) is 29.4 Å². The number of ether oxygens (including phenoxy) is 2. The van der Waals surface area contributed by atoms with Crippen molar-refractivity contribution >= 4 is 39.7 Å². The summed E-state index contributed by atoms with van der Waals surface area (Å²) >= 11 is 0. The molecule has 1 amide bonds. The molecule has 0 bridgehead atoms. The first-order valence-corrected chi connectivity index (χ1v) is 13.8. The predicted molar refractivity (Wildman–Crippen MR) is 153 cm³/mol. The summed E-state index contributed by atoms with van der Waals surface area (Å²) in [6.45, 7) is 7.12. The molecule has 1 N–H and O–H groups in total. The maximum atomic E-state index is 12.3. The molecule has 212 valence electrons. The van der Waals surface area contributed by atoms with E-state index >= 15 is 0 Å². The molecular formula is C29H32N2O8S. The molecule has 0 aliphatic heterocycles. The molecule has 0 saturated carbocycles. The minimum atomic E-state index is -4.43. The molecule has 10 nitrogen and oxygen atoms in total. The van der Waals surface area contributed by atoms with Gasteiger partial charge in [0.2, 0.25) is 0 Å². The van der Waals surface area contributed by atoms with Gasteiger partial charge in [0.15, 0.2) is 5.75 Å². The van der Waals surface area contributed by atoms with Gasteiger partial charge >= 0.3 is 11.8 Å². The van der Waals surface area contributed by atoms with E-state index in [2.05, 4.69) is 0 Å². The van der Waals surface area contributed by atoms with Crippen molar-refractivity contribution in [3.8, 4) is 5.75 Å². The van der Waals surface area contributed by atoms with E-state index in [4.69, 9.17) is 9.47 Å². The minimum absolute atomic E-state index is 0.0301. The second kappa shape index (κ2) is 12.3. The number of benzene rings is 3. The number of carbonyl (C=O) groups is 1. The number of nitro groups is 1. The third-order valence-electron chi connectivity index (χ3n) is 5.72. The average Bonchev–Trinajstić information content (AvgIpc) is 2.85. The Bertz CT molecular complexity index is 1520. The van der Waals surface area contributed by atoms with Crippen molar-refractivity contribution in [1.29, 1.82) is 0 Å². The van der Waals surface area contributed by atoms with Gasteiger partial charge in [-0.3, -0.25) is 19.6 Å². The molecule has 0 aliphatic rings. The Morgan fingerprint density at radius 1 is 1.02 bits per heavy atom. The van der Waals surface area contributed by atoms with Crippen LogP contribution >= 0.6 is 0 Å². The van der Waals surface area contributed by atoms with Crippen LogP contribution in [0.25, 0.3) is 12.2 Å². The lowest BCUT2D eigenvalue weighted by atomic mass is 10.1. The van der Waals surface area contributed by atoms with Crippen LogP contribution in [0.1, 0.15) is 43.0 Å². The normalized spacial score (nSPS) is 11.8. The van der Waals surface area contributed by atoms with Crippen LogP contribution in [-0.2, 0) is 21.3 Å². The number of carbonyl (C=O) groups excluding carboxylic acids is 1.